The van der Waals surface area contributed by atoms with Crippen molar-refractivity contribution in [3.05, 3.63) is 53.3 Å². The predicted molar refractivity (Wildman–Crippen MR) is 96.9 cm³/mol. The molecule has 2 aliphatic rings. The molecule has 1 saturated heterocycles. The summed E-state index contributed by atoms with van der Waals surface area (Å²) in [5, 5.41) is 0. The van der Waals surface area contributed by atoms with Gasteiger partial charge < -0.3 is 9.80 Å². The van der Waals surface area contributed by atoms with E-state index in [1.807, 2.05) is 0 Å². The smallest absolute Gasteiger partial charge is 0.225 e. The van der Waals surface area contributed by atoms with E-state index in [0.29, 0.717) is 12.3 Å². The maximum absolute atomic E-state index is 12.1. The summed E-state index contributed by atoms with van der Waals surface area (Å²) in [5.74, 6) is 1.37. The summed E-state index contributed by atoms with van der Waals surface area (Å²) in [6.07, 6.45) is 3.25. The van der Waals surface area contributed by atoms with Crippen LogP contribution < -0.4 is 9.80 Å². The minimum atomic E-state index is 0.192. The van der Waals surface area contributed by atoms with Crippen LogP contribution in [0.25, 0.3) is 0 Å². The minimum Gasteiger partial charge on any atom is -0.330 e. The van der Waals surface area contributed by atoms with Crippen LogP contribution in [-0.2, 0) is 13.0 Å². The largest absolute Gasteiger partial charge is 0.330 e. The number of hydrogen-bond donors (Lipinski definition) is 1. The zero-order valence-corrected chi connectivity index (χ0v) is 14.7. The highest BCUT2D eigenvalue weighted by Crippen LogP contribution is 2.24. The summed E-state index contributed by atoms with van der Waals surface area (Å²) in [6, 6.07) is 10.7. The highest BCUT2D eigenvalue weighted by Gasteiger charge is 2.27. The SMILES string of the molecule is C[C@@H]1CC(=O)c2cnc(N3CC[NH+](Cc4ccccc4)CC3)nc2C1. The first-order valence-corrected chi connectivity index (χ1v) is 9.20. The number of quaternary nitrogens is 1. The number of rotatable bonds is 3. The summed E-state index contributed by atoms with van der Waals surface area (Å²) >= 11 is 0. The zero-order valence-electron chi connectivity index (χ0n) is 14.7. The molecule has 0 amide bonds. The molecule has 2 heterocycles. The first-order chi connectivity index (χ1) is 12.2. The summed E-state index contributed by atoms with van der Waals surface area (Å²) in [5.41, 5.74) is 3.06. The second-order valence-corrected chi connectivity index (χ2v) is 7.37. The van der Waals surface area contributed by atoms with Gasteiger partial charge >= 0.3 is 0 Å². The van der Waals surface area contributed by atoms with Gasteiger partial charge in [0.1, 0.15) is 6.54 Å². The average molecular weight is 337 g/mol. The number of anilines is 1. The molecule has 25 heavy (non-hydrogen) atoms. The standard InChI is InChI=1S/C20H24N4O/c1-15-11-18-17(19(25)12-15)13-21-20(22-18)24-9-7-23(8-10-24)14-16-5-3-2-4-6-16/h2-6,13,15H,7-12,14H2,1H3/p+1/t15-/m0/s1. The molecule has 1 aliphatic heterocycles. The lowest BCUT2D eigenvalue weighted by atomic mass is 9.88. The summed E-state index contributed by atoms with van der Waals surface area (Å²) in [6.45, 7) is 7.30. The molecule has 5 heteroatoms. The van der Waals surface area contributed by atoms with Crippen LogP contribution in [-0.4, -0.2) is 41.9 Å². The van der Waals surface area contributed by atoms with Gasteiger partial charge in [0.2, 0.25) is 5.95 Å². The molecule has 0 saturated carbocycles. The maximum atomic E-state index is 12.1. The van der Waals surface area contributed by atoms with E-state index in [-0.39, 0.29) is 5.78 Å². The summed E-state index contributed by atoms with van der Waals surface area (Å²) < 4.78 is 0. The van der Waals surface area contributed by atoms with Crippen molar-refractivity contribution >= 4 is 11.7 Å². The van der Waals surface area contributed by atoms with Crippen molar-refractivity contribution in [1.29, 1.82) is 0 Å². The number of hydrogen-bond acceptors (Lipinski definition) is 4. The van der Waals surface area contributed by atoms with Crippen molar-refractivity contribution in [2.75, 3.05) is 31.1 Å². The Bertz CT molecular complexity index is 754. The van der Waals surface area contributed by atoms with Crippen LogP contribution in [0.1, 0.15) is 35.0 Å². The van der Waals surface area contributed by atoms with Gasteiger partial charge in [-0.25, -0.2) is 9.97 Å². The quantitative estimate of drug-likeness (QED) is 0.913. The topological polar surface area (TPSA) is 50.5 Å². The second kappa shape index (κ2) is 6.92. The number of aromatic nitrogens is 2. The van der Waals surface area contributed by atoms with E-state index in [9.17, 15) is 4.79 Å². The van der Waals surface area contributed by atoms with E-state index in [2.05, 4.69) is 47.1 Å². The number of fused-ring (bicyclic) bond motifs is 1. The molecule has 2 aromatic rings. The van der Waals surface area contributed by atoms with Crippen LogP contribution in [0.5, 0.6) is 0 Å². The van der Waals surface area contributed by atoms with Gasteiger partial charge in [0.05, 0.1) is 37.4 Å². The number of piperazine rings is 1. The summed E-state index contributed by atoms with van der Waals surface area (Å²) in [4.78, 5) is 25.2. The van der Waals surface area contributed by atoms with E-state index in [0.717, 1.165) is 56.4 Å². The Morgan fingerprint density at radius 3 is 2.68 bits per heavy atom. The molecular formula is C20H25N4O+. The molecule has 5 nitrogen and oxygen atoms in total. The van der Waals surface area contributed by atoms with E-state index in [1.54, 1.807) is 11.1 Å². The van der Waals surface area contributed by atoms with Crippen molar-refractivity contribution in [1.82, 2.24) is 9.97 Å². The molecule has 1 aromatic heterocycles. The van der Waals surface area contributed by atoms with Crippen LogP contribution in [0.3, 0.4) is 0 Å². The first-order valence-electron chi connectivity index (χ1n) is 9.20. The fraction of sp³-hybridized carbons (Fsp3) is 0.450. The molecule has 0 unspecified atom stereocenters. The van der Waals surface area contributed by atoms with Gasteiger partial charge in [-0.15, -0.1) is 0 Å². The number of ketones is 1. The number of carbonyl (C=O) groups excluding carboxylic acids is 1. The Labute approximate surface area is 148 Å². The monoisotopic (exact) mass is 337 g/mol. The van der Waals surface area contributed by atoms with Gasteiger partial charge in [-0.2, -0.15) is 0 Å². The minimum absolute atomic E-state index is 0.192. The van der Waals surface area contributed by atoms with E-state index in [1.165, 1.54) is 5.56 Å². The van der Waals surface area contributed by atoms with Crippen LogP contribution in [0.4, 0.5) is 5.95 Å². The van der Waals surface area contributed by atoms with E-state index >= 15 is 0 Å². The molecule has 1 N–H and O–H groups in total. The number of nitrogens with one attached hydrogen (secondary N) is 1. The Kier molecular flexibility index (Phi) is 4.49. The lowest BCUT2D eigenvalue weighted by molar-refractivity contribution is -0.914. The Morgan fingerprint density at radius 2 is 1.92 bits per heavy atom. The van der Waals surface area contributed by atoms with Gasteiger partial charge in [-0.3, -0.25) is 4.79 Å². The molecule has 0 spiro atoms. The van der Waals surface area contributed by atoms with E-state index < -0.39 is 0 Å². The zero-order chi connectivity index (χ0) is 17.2. The number of Topliss-reactive ketones (excluding diaryl/α,β-unsaturated/α-hetero) is 1. The molecule has 1 aromatic carbocycles. The third-order valence-electron chi connectivity index (χ3n) is 5.28. The van der Waals surface area contributed by atoms with Gasteiger partial charge in [0, 0.05) is 18.2 Å². The van der Waals surface area contributed by atoms with Gasteiger partial charge in [-0.1, -0.05) is 37.3 Å². The Hall–Kier alpha value is -2.27. The highest BCUT2D eigenvalue weighted by molar-refractivity contribution is 5.98. The molecule has 0 bridgehead atoms. The molecule has 4 rings (SSSR count). The average Bonchev–Trinajstić information content (AvgIpc) is 2.62. The van der Waals surface area contributed by atoms with Gasteiger partial charge in [-0.05, 0) is 12.3 Å². The van der Waals surface area contributed by atoms with Crippen molar-refractivity contribution in [2.24, 2.45) is 5.92 Å². The maximum Gasteiger partial charge on any atom is 0.225 e. The summed E-state index contributed by atoms with van der Waals surface area (Å²) in [7, 11) is 0. The van der Waals surface area contributed by atoms with Crippen molar-refractivity contribution in [2.45, 2.75) is 26.3 Å². The third kappa shape index (κ3) is 3.56. The third-order valence-corrected chi connectivity index (χ3v) is 5.28. The molecule has 1 fully saturated rings. The fourth-order valence-corrected chi connectivity index (χ4v) is 3.86. The predicted octanol–water partition coefficient (Wildman–Crippen LogP) is 1.15. The molecule has 1 atom stereocenters. The van der Waals surface area contributed by atoms with Gasteiger partial charge in [0.25, 0.3) is 0 Å². The molecule has 130 valence electrons. The number of benzene rings is 1. The Morgan fingerprint density at radius 1 is 1.16 bits per heavy atom. The fourth-order valence-electron chi connectivity index (χ4n) is 3.86. The number of nitrogens with zero attached hydrogens (tertiary/aromatic N) is 3. The van der Waals surface area contributed by atoms with Crippen molar-refractivity contribution in [3.63, 3.8) is 0 Å². The van der Waals surface area contributed by atoms with Crippen LogP contribution >= 0.6 is 0 Å². The second-order valence-electron chi connectivity index (χ2n) is 7.37. The van der Waals surface area contributed by atoms with Crippen molar-refractivity contribution in [3.8, 4) is 0 Å². The van der Waals surface area contributed by atoms with Gasteiger partial charge in [0.15, 0.2) is 5.78 Å². The molecular weight excluding hydrogens is 312 g/mol. The molecule has 0 radical (unpaired) electrons. The van der Waals surface area contributed by atoms with Crippen molar-refractivity contribution < 1.29 is 9.69 Å². The van der Waals surface area contributed by atoms with E-state index in [4.69, 9.17) is 4.98 Å². The van der Waals surface area contributed by atoms with Crippen LogP contribution in [0, 0.1) is 5.92 Å². The normalized spacial score (nSPS) is 21.2. The van der Waals surface area contributed by atoms with Crippen LogP contribution in [0.2, 0.25) is 0 Å². The molecule has 1 aliphatic carbocycles. The number of carbonyl (C=O) groups is 1. The van der Waals surface area contributed by atoms with Crippen LogP contribution in [0.15, 0.2) is 36.5 Å². The lowest BCUT2D eigenvalue weighted by Gasteiger charge is -2.32. The Balaban J connectivity index is 1.41. The lowest BCUT2D eigenvalue weighted by Crippen LogP contribution is -3.13. The highest BCUT2D eigenvalue weighted by atomic mass is 16.1. The first kappa shape index (κ1) is 16.2.